The summed E-state index contributed by atoms with van der Waals surface area (Å²) in [6, 6.07) is 31.6. The van der Waals surface area contributed by atoms with Crippen LogP contribution in [0.2, 0.25) is 0 Å². The third-order valence-electron chi connectivity index (χ3n) is 8.13. The summed E-state index contributed by atoms with van der Waals surface area (Å²) >= 11 is 0. The lowest BCUT2D eigenvalue weighted by Crippen LogP contribution is -2.67. The van der Waals surface area contributed by atoms with Gasteiger partial charge in [-0.2, -0.15) is 0 Å². The van der Waals surface area contributed by atoms with Crippen LogP contribution in [0.4, 0.5) is 5.69 Å². The van der Waals surface area contributed by atoms with Crippen molar-refractivity contribution in [3.8, 4) is 5.75 Å². The van der Waals surface area contributed by atoms with Crippen LogP contribution in [0.25, 0.3) is 0 Å². The summed E-state index contributed by atoms with van der Waals surface area (Å²) in [6.45, 7) is 4.77. The average Bonchev–Trinajstić information content (AvgIpc) is 2.90. The van der Waals surface area contributed by atoms with E-state index in [1.54, 1.807) is 7.11 Å². The molecule has 172 valence electrons. The SMILES string of the molecule is CCC1CN2CCC1C(N(C)c1ccccc1OC)C2C(c1ccccc1)c1ccccc1. The van der Waals surface area contributed by atoms with E-state index in [0.717, 1.165) is 11.7 Å². The Morgan fingerprint density at radius 2 is 1.52 bits per heavy atom. The summed E-state index contributed by atoms with van der Waals surface area (Å²) in [4.78, 5) is 5.34. The first-order chi connectivity index (χ1) is 16.2. The van der Waals surface area contributed by atoms with E-state index in [1.807, 2.05) is 0 Å². The minimum absolute atomic E-state index is 0.329. The lowest BCUT2D eigenvalue weighted by atomic mass is 9.65. The molecule has 3 aromatic rings. The van der Waals surface area contributed by atoms with E-state index in [0.29, 0.717) is 23.9 Å². The Labute approximate surface area is 199 Å². The van der Waals surface area contributed by atoms with E-state index in [9.17, 15) is 0 Å². The van der Waals surface area contributed by atoms with Gasteiger partial charge in [0, 0.05) is 31.6 Å². The van der Waals surface area contributed by atoms with Crippen LogP contribution in [-0.2, 0) is 0 Å². The molecule has 0 N–H and O–H groups in total. The number of anilines is 1. The quantitative estimate of drug-likeness (QED) is 0.444. The number of nitrogens with zero attached hydrogens (tertiary/aromatic N) is 2. The molecule has 5 atom stereocenters. The smallest absolute Gasteiger partial charge is 0.142 e. The average molecular weight is 441 g/mol. The molecule has 3 aromatic carbocycles. The predicted molar refractivity (Wildman–Crippen MR) is 137 cm³/mol. The maximum atomic E-state index is 5.80. The number of fused-ring (bicyclic) bond motifs is 3. The van der Waals surface area contributed by atoms with Crippen LogP contribution in [0.1, 0.15) is 36.8 Å². The fraction of sp³-hybridized carbons (Fsp3) is 0.400. The molecule has 0 amide bonds. The van der Waals surface area contributed by atoms with Crippen molar-refractivity contribution in [3.63, 3.8) is 0 Å². The highest BCUT2D eigenvalue weighted by atomic mass is 16.5. The van der Waals surface area contributed by atoms with Crippen LogP contribution in [0.15, 0.2) is 84.9 Å². The number of methoxy groups -OCH3 is 1. The zero-order valence-electron chi connectivity index (χ0n) is 20.1. The van der Waals surface area contributed by atoms with Crippen molar-refractivity contribution in [3.05, 3.63) is 96.1 Å². The third kappa shape index (κ3) is 4.04. The number of benzene rings is 3. The highest BCUT2D eigenvalue weighted by Gasteiger charge is 2.51. The summed E-state index contributed by atoms with van der Waals surface area (Å²) in [5.41, 5.74) is 4.01. The molecule has 0 aliphatic carbocycles. The number of para-hydroxylation sites is 2. The van der Waals surface area contributed by atoms with Crippen LogP contribution < -0.4 is 9.64 Å². The fourth-order valence-electron chi connectivity index (χ4n) is 6.61. The Bertz CT molecular complexity index is 998. The molecule has 0 aromatic heterocycles. The van der Waals surface area contributed by atoms with Crippen LogP contribution in [0.3, 0.4) is 0 Å². The summed E-state index contributed by atoms with van der Waals surface area (Å²) in [5.74, 6) is 2.70. The number of piperidine rings is 3. The number of hydrogen-bond acceptors (Lipinski definition) is 3. The van der Waals surface area contributed by atoms with Crippen molar-refractivity contribution in [2.75, 3.05) is 32.1 Å². The predicted octanol–water partition coefficient (Wildman–Crippen LogP) is 6.06. The van der Waals surface area contributed by atoms with Crippen molar-refractivity contribution in [1.82, 2.24) is 4.90 Å². The number of ether oxygens (including phenoxy) is 1. The van der Waals surface area contributed by atoms with Crippen molar-refractivity contribution in [1.29, 1.82) is 0 Å². The van der Waals surface area contributed by atoms with E-state index in [1.165, 1.54) is 42.7 Å². The number of hydrogen-bond donors (Lipinski definition) is 0. The van der Waals surface area contributed by atoms with Gasteiger partial charge in [-0.3, -0.25) is 4.90 Å². The Kier molecular flexibility index (Phi) is 6.41. The van der Waals surface area contributed by atoms with Gasteiger partial charge < -0.3 is 9.64 Å². The Morgan fingerprint density at radius 1 is 0.909 bits per heavy atom. The monoisotopic (exact) mass is 440 g/mol. The summed E-state index contributed by atoms with van der Waals surface area (Å²) in [7, 11) is 4.07. The standard InChI is InChI=1S/C30H36N2O/c1-4-22-21-32-20-19-25(22)29(31(2)26-17-11-12-18-27(26)33-3)30(32)28(23-13-7-5-8-14-23)24-15-9-6-10-16-24/h5-18,22,25,28-30H,4,19-21H2,1-3H3. The van der Waals surface area contributed by atoms with Gasteiger partial charge in [0.1, 0.15) is 5.75 Å². The molecule has 3 aliphatic heterocycles. The van der Waals surface area contributed by atoms with Gasteiger partial charge in [0.2, 0.25) is 0 Å². The van der Waals surface area contributed by atoms with Gasteiger partial charge in [-0.1, -0.05) is 86.1 Å². The second-order valence-electron chi connectivity index (χ2n) is 9.68. The maximum absolute atomic E-state index is 5.80. The normalized spacial score (nSPS) is 26.4. The molecule has 5 unspecified atom stereocenters. The van der Waals surface area contributed by atoms with Gasteiger partial charge in [0.15, 0.2) is 0 Å². The molecule has 0 spiro atoms. The van der Waals surface area contributed by atoms with Gasteiger partial charge >= 0.3 is 0 Å². The van der Waals surface area contributed by atoms with Gasteiger partial charge in [-0.15, -0.1) is 0 Å². The molecule has 3 heteroatoms. The topological polar surface area (TPSA) is 15.7 Å². The largest absolute Gasteiger partial charge is 0.495 e. The van der Waals surface area contributed by atoms with Crippen molar-refractivity contribution in [2.24, 2.45) is 11.8 Å². The van der Waals surface area contributed by atoms with Crippen LogP contribution in [0, 0.1) is 11.8 Å². The second-order valence-corrected chi connectivity index (χ2v) is 9.68. The highest BCUT2D eigenvalue weighted by molar-refractivity contribution is 5.59. The summed E-state index contributed by atoms with van der Waals surface area (Å²) in [5, 5.41) is 0. The van der Waals surface area contributed by atoms with Crippen LogP contribution in [-0.4, -0.2) is 44.2 Å². The summed E-state index contributed by atoms with van der Waals surface area (Å²) in [6.07, 6.45) is 2.51. The summed E-state index contributed by atoms with van der Waals surface area (Å²) < 4.78 is 5.80. The first kappa shape index (κ1) is 22.0. The molecule has 0 saturated carbocycles. The molecule has 2 bridgehead atoms. The first-order valence-electron chi connectivity index (χ1n) is 12.4. The molecule has 3 heterocycles. The molecule has 3 aliphatic rings. The molecular formula is C30H36N2O. The maximum Gasteiger partial charge on any atom is 0.142 e. The molecule has 0 radical (unpaired) electrons. The van der Waals surface area contributed by atoms with E-state index in [-0.39, 0.29) is 0 Å². The van der Waals surface area contributed by atoms with Crippen molar-refractivity contribution < 1.29 is 4.74 Å². The van der Waals surface area contributed by atoms with E-state index >= 15 is 0 Å². The third-order valence-corrected chi connectivity index (χ3v) is 8.13. The highest BCUT2D eigenvalue weighted by Crippen LogP contribution is 2.48. The van der Waals surface area contributed by atoms with Gasteiger partial charge in [0.05, 0.1) is 12.8 Å². The minimum atomic E-state index is 0.329. The van der Waals surface area contributed by atoms with E-state index < -0.39 is 0 Å². The zero-order chi connectivity index (χ0) is 22.8. The van der Waals surface area contributed by atoms with E-state index in [4.69, 9.17) is 4.74 Å². The zero-order valence-corrected chi connectivity index (χ0v) is 20.1. The Hall–Kier alpha value is -2.78. The molecular weight excluding hydrogens is 404 g/mol. The van der Waals surface area contributed by atoms with Gasteiger partial charge in [0.25, 0.3) is 0 Å². The fourth-order valence-corrected chi connectivity index (χ4v) is 6.61. The van der Waals surface area contributed by atoms with E-state index in [2.05, 4.69) is 109 Å². The lowest BCUT2D eigenvalue weighted by Gasteiger charge is -2.59. The van der Waals surface area contributed by atoms with Crippen LogP contribution >= 0.6 is 0 Å². The number of rotatable bonds is 7. The first-order valence-corrected chi connectivity index (χ1v) is 12.4. The minimum Gasteiger partial charge on any atom is -0.495 e. The molecule has 33 heavy (non-hydrogen) atoms. The van der Waals surface area contributed by atoms with Gasteiger partial charge in [-0.05, 0) is 48.1 Å². The molecule has 3 fully saturated rings. The molecule has 3 nitrogen and oxygen atoms in total. The second kappa shape index (κ2) is 9.61. The van der Waals surface area contributed by atoms with Crippen molar-refractivity contribution in [2.45, 2.75) is 37.8 Å². The Balaban J connectivity index is 1.64. The van der Waals surface area contributed by atoms with Gasteiger partial charge in [-0.25, -0.2) is 0 Å². The van der Waals surface area contributed by atoms with Crippen molar-refractivity contribution >= 4 is 5.69 Å². The lowest BCUT2D eigenvalue weighted by molar-refractivity contribution is -0.0263. The number of likely N-dealkylation sites (N-methyl/N-ethyl adjacent to an activating group) is 1. The van der Waals surface area contributed by atoms with Crippen LogP contribution in [0.5, 0.6) is 5.75 Å². The Morgan fingerprint density at radius 3 is 2.12 bits per heavy atom. The molecule has 3 saturated heterocycles. The molecule has 6 rings (SSSR count).